The third-order valence-corrected chi connectivity index (χ3v) is 4.15. The van der Waals surface area contributed by atoms with Crippen LogP contribution in [0.1, 0.15) is 12.5 Å². The van der Waals surface area contributed by atoms with E-state index in [1.807, 2.05) is 6.07 Å². The van der Waals surface area contributed by atoms with E-state index in [9.17, 15) is 14.4 Å². The van der Waals surface area contributed by atoms with Gasteiger partial charge in [-0.1, -0.05) is 6.07 Å². The molecule has 2 rings (SSSR count). The first kappa shape index (κ1) is 19.3. The molecule has 1 aliphatic heterocycles. The zero-order valence-electron chi connectivity index (χ0n) is 14.2. The maximum atomic E-state index is 12.3. The number of carbonyl (C=O) groups is 3. The fraction of sp³-hybridized carbons (Fsp3) is 0.294. The lowest BCUT2D eigenvalue weighted by molar-refractivity contribution is -0.143. The van der Waals surface area contributed by atoms with Crippen LogP contribution in [-0.2, 0) is 14.3 Å². The van der Waals surface area contributed by atoms with Gasteiger partial charge in [-0.3, -0.25) is 19.3 Å². The van der Waals surface area contributed by atoms with Crippen molar-refractivity contribution in [2.24, 2.45) is 0 Å². The zero-order chi connectivity index (χ0) is 19.1. The number of esters is 1. The van der Waals surface area contributed by atoms with Crippen LogP contribution in [0.2, 0.25) is 0 Å². The smallest absolute Gasteiger partial charge is 0.325 e. The van der Waals surface area contributed by atoms with Crippen molar-refractivity contribution in [2.45, 2.75) is 6.92 Å². The average Bonchev–Trinajstić information content (AvgIpc) is 2.88. The highest BCUT2D eigenvalue weighted by atomic mass is 32.2. The van der Waals surface area contributed by atoms with Gasteiger partial charge in [0.05, 0.1) is 18.6 Å². The lowest BCUT2D eigenvalue weighted by Gasteiger charge is -2.11. The Bertz CT molecular complexity index is 799. The van der Waals surface area contributed by atoms with E-state index >= 15 is 0 Å². The number of nitrogens with zero attached hydrogens (tertiary/aromatic N) is 2. The molecule has 1 saturated heterocycles. The van der Waals surface area contributed by atoms with E-state index in [1.54, 1.807) is 25.1 Å². The molecule has 0 atom stereocenters. The van der Waals surface area contributed by atoms with Crippen LogP contribution in [0.25, 0.3) is 6.08 Å². The highest BCUT2D eigenvalue weighted by Crippen LogP contribution is 2.34. The van der Waals surface area contributed by atoms with Gasteiger partial charge in [-0.2, -0.15) is 5.26 Å². The minimum Gasteiger partial charge on any atom is -0.490 e. The average molecular weight is 376 g/mol. The molecule has 0 aromatic heterocycles. The van der Waals surface area contributed by atoms with Gasteiger partial charge in [-0.15, -0.1) is 0 Å². The maximum absolute atomic E-state index is 12.3. The number of benzene rings is 1. The van der Waals surface area contributed by atoms with Crippen molar-refractivity contribution in [1.82, 2.24) is 4.90 Å². The first-order valence-electron chi connectivity index (χ1n) is 7.59. The number of hydrogen-bond donors (Lipinski definition) is 0. The van der Waals surface area contributed by atoms with Gasteiger partial charge in [-0.25, -0.2) is 0 Å². The predicted octanol–water partition coefficient (Wildman–Crippen LogP) is 2.20. The van der Waals surface area contributed by atoms with Crippen LogP contribution in [0.3, 0.4) is 0 Å². The summed E-state index contributed by atoms with van der Waals surface area (Å²) in [4.78, 5) is 36.6. The van der Waals surface area contributed by atoms with Gasteiger partial charge in [0.2, 0.25) is 0 Å². The van der Waals surface area contributed by atoms with Crippen LogP contribution >= 0.6 is 11.8 Å². The number of methoxy groups -OCH3 is 1. The number of amides is 2. The van der Waals surface area contributed by atoms with Crippen LogP contribution in [0, 0.1) is 11.3 Å². The summed E-state index contributed by atoms with van der Waals surface area (Å²) in [6, 6.07) is 6.81. The number of nitriles is 1. The minimum atomic E-state index is -0.675. The van der Waals surface area contributed by atoms with Gasteiger partial charge in [0.1, 0.15) is 12.6 Å². The molecule has 0 aliphatic carbocycles. The molecule has 0 spiro atoms. The Hall–Kier alpha value is -2.99. The van der Waals surface area contributed by atoms with Crippen molar-refractivity contribution in [3.05, 3.63) is 28.7 Å². The summed E-state index contributed by atoms with van der Waals surface area (Å²) in [5.41, 5.74) is 0.612. The first-order valence-corrected chi connectivity index (χ1v) is 8.40. The lowest BCUT2D eigenvalue weighted by atomic mass is 10.2. The van der Waals surface area contributed by atoms with Crippen LogP contribution in [-0.4, -0.2) is 48.9 Å². The van der Waals surface area contributed by atoms with Crippen molar-refractivity contribution >= 4 is 35.0 Å². The molecule has 0 saturated carbocycles. The van der Waals surface area contributed by atoms with Crippen LogP contribution in [0.5, 0.6) is 11.5 Å². The standard InChI is InChI=1S/C17H16N2O6S/c1-3-24-13-8-11(4-5-12(13)25-7-6-18)9-14-16(21)19(17(22)26-14)10-15(20)23-2/h4-5,8-9H,3,7,10H2,1-2H3/b14-9-. The molecular weight excluding hydrogens is 360 g/mol. The second-order valence-corrected chi connectivity index (χ2v) is 5.92. The largest absolute Gasteiger partial charge is 0.490 e. The summed E-state index contributed by atoms with van der Waals surface area (Å²) in [6.45, 7) is 1.65. The second kappa shape index (κ2) is 8.92. The van der Waals surface area contributed by atoms with E-state index in [-0.39, 0.29) is 11.5 Å². The Morgan fingerprint density at radius 1 is 1.31 bits per heavy atom. The monoisotopic (exact) mass is 376 g/mol. The predicted molar refractivity (Wildman–Crippen MR) is 93.4 cm³/mol. The molecule has 0 unspecified atom stereocenters. The number of imide groups is 1. The molecule has 1 aromatic carbocycles. The highest BCUT2D eigenvalue weighted by molar-refractivity contribution is 8.18. The summed E-state index contributed by atoms with van der Waals surface area (Å²) in [6.07, 6.45) is 1.53. The summed E-state index contributed by atoms with van der Waals surface area (Å²) >= 11 is 0.742. The molecule has 0 radical (unpaired) electrons. The summed E-state index contributed by atoms with van der Waals surface area (Å²) in [7, 11) is 1.18. The maximum Gasteiger partial charge on any atom is 0.325 e. The van der Waals surface area contributed by atoms with E-state index in [0.717, 1.165) is 16.7 Å². The fourth-order valence-corrected chi connectivity index (χ4v) is 2.93. The zero-order valence-corrected chi connectivity index (χ0v) is 15.0. The molecule has 9 heteroatoms. The Labute approximate surface area is 154 Å². The molecule has 8 nitrogen and oxygen atoms in total. The van der Waals surface area contributed by atoms with E-state index in [4.69, 9.17) is 14.7 Å². The van der Waals surface area contributed by atoms with Gasteiger partial charge < -0.3 is 14.2 Å². The molecule has 1 aliphatic rings. The number of hydrogen-bond acceptors (Lipinski definition) is 8. The van der Waals surface area contributed by atoms with Crippen molar-refractivity contribution in [1.29, 1.82) is 5.26 Å². The molecule has 1 aromatic rings. The molecule has 0 bridgehead atoms. The van der Waals surface area contributed by atoms with Crippen molar-refractivity contribution in [2.75, 3.05) is 26.9 Å². The Morgan fingerprint density at radius 3 is 2.73 bits per heavy atom. The number of thioether (sulfide) groups is 1. The van der Waals surface area contributed by atoms with Crippen molar-refractivity contribution < 1.29 is 28.6 Å². The molecule has 0 N–H and O–H groups in total. The molecule has 1 fully saturated rings. The first-order chi connectivity index (χ1) is 12.5. The van der Waals surface area contributed by atoms with Gasteiger partial charge in [0.25, 0.3) is 11.1 Å². The lowest BCUT2D eigenvalue weighted by Crippen LogP contribution is -2.34. The Kier molecular flexibility index (Phi) is 6.63. The Morgan fingerprint density at radius 2 is 2.08 bits per heavy atom. The molecule has 2 amide bonds. The Balaban J connectivity index is 2.24. The highest BCUT2D eigenvalue weighted by Gasteiger charge is 2.36. The number of rotatable bonds is 7. The fourth-order valence-electron chi connectivity index (χ4n) is 2.09. The van der Waals surface area contributed by atoms with Gasteiger partial charge in [-0.05, 0) is 42.5 Å². The molecule has 1 heterocycles. The minimum absolute atomic E-state index is 0.119. The second-order valence-electron chi connectivity index (χ2n) is 4.93. The van der Waals surface area contributed by atoms with Crippen LogP contribution < -0.4 is 9.47 Å². The summed E-state index contributed by atoms with van der Waals surface area (Å²) in [5, 5.41) is 8.08. The summed E-state index contributed by atoms with van der Waals surface area (Å²) < 4.78 is 15.2. The quantitative estimate of drug-likeness (QED) is 0.527. The third kappa shape index (κ3) is 4.55. The van der Waals surface area contributed by atoms with Gasteiger partial charge in [0.15, 0.2) is 18.1 Å². The van der Waals surface area contributed by atoms with E-state index in [1.165, 1.54) is 13.2 Å². The van der Waals surface area contributed by atoms with E-state index in [0.29, 0.717) is 23.7 Å². The SMILES string of the molecule is CCOc1cc(/C=C2\SC(=O)N(CC(=O)OC)C2=O)ccc1OCC#N. The molecule has 136 valence electrons. The number of carbonyl (C=O) groups excluding carboxylic acids is 3. The van der Waals surface area contributed by atoms with Crippen molar-refractivity contribution in [3.63, 3.8) is 0 Å². The van der Waals surface area contributed by atoms with E-state index in [2.05, 4.69) is 4.74 Å². The molecular formula is C17H16N2O6S. The summed E-state index contributed by atoms with van der Waals surface area (Å²) in [5.74, 6) is -0.408. The van der Waals surface area contributed by atoms with Crippen LogP contribution in [0.4, 0.5) is 4.79 Å². The normalized spacial score (nSPS) is 15.1. The third-order valence-electron chi connectivity index (χ3n) is 3.25. The number of ether oxygens (including phenoxy) is 3. The van der Waals surface area contributed by atoms with Gasteiger partial charge >= 0.3 is 5.97 Å². The topological polar surface area (TPSA) is 106 Å². The van der Waals surface area contributed by atoms with Gasteiger partial charge in [0, 0.05) is 0 Å². The van der Waals surface area contributed by atoms with Crippen molar-refractivity contribution in [3.8, 4) is 17.6 Å². The van der Waals surface area contributed by atoms with Crippen LogP contribution in [0.15, 0.2) is 23.1 Å². The van der Waals surface area contributed by atoms with E-state index < -0.39 is 23.7 Å². The molecule has 26 heavy (non-hydrogen) atoms.